The largest absolute Gasteiger partial charge is 0.465 e. The number of ether oxygens (including phenoxy) is 1. The molecule has 0 atom stereocenters. The van der Waals surface area contributed by atoms with Crippen LogP contribution in [0.1, 0.15) is 56.7 Å². The number of rotatable bonds is 7. The minimum absolute atomic E-state index is 0.102. The number of hydrogen-bond acceptors (Lipinski definition) is 6. The number of Topliss-reactive ketones (excluding diaryl/α,β-unsaturated/α-hetero) is 1. The number of methoxy groups -OCH3 is 1. The first kappa shape index (κ1) is 19.4. The molecule has 4 rings (SSSR count). The number of hydrogen-bond donors (Lipinski definition) is 1. The van der Waals surface area contributed by atoms with E-state index in [9.17, 15) is 9.59 Å². The Bertz CT molecular complexity index is 1070. The number of nitrogens with zero attached hydrogens (tertiary/aromatic N) is 3. The monoisotopic (exact) mass is 410 g/mol. The van der Waals surface area contributed by atoms with Gasteiger partial charge in [-0.2, -0.15) is 0 Å². The van der Waals surface area contributed by atoms with E-state index in [1.54, 1.807) is 13.8 Å². The van der Waals surface area contributed by atoms with E-state index in [1.165, 1.54) is 18.9 Å². The Balaban J connectivity index is 1.53. The Morgan fingerprint density at radius 3 is 2.62 bits per heavy atom. The minimum atomic E-state index is -0.444. The molecule has 0 saturated heterocycles. The van der Waals surface area contributed by atoms with Gasteiger partial charge in [-0.25, -0.2) is 14.5 Å². The molecule has 7 nitrogen and oxygen atoms in total. The number of para-hydroxylation sites is 1. The number of ketones is 1. The lowest BCUT2D eigenvalue weighted by atomic mass is 10.1. The summed E-state index contributed by atoms with van der Waals surface area (Å²) in [4.78, 5) is 32.4. The first-order valence-corrected chi connectivity index (χ1v) is 10.4. The summed E-state index contributed by atoms with van der Waals surface area (Å²) in [6, 6.07) is 9.91. The second-order valence-corrected chi connectivity index (χ2v) is 8.05. The second kappa shape index (κ2) is 7.87. The zero-order chi connectivity index (χ0) is 20.5. The van der Waals surface area contributed by atoms with Gasteiger partial charge in [0.05, 0.1) is 29.8 Å². The van der Waals surface area contributed by atoms with Crippen molar-refractivity contribution in [3.63, 3.8) is 0 Å². The molecule has 1 saturated carbocycles. The molecule has 1 N–H and O–H groups in total. The molecule has 0 aliphatic heterocycles. The number of aromatic nitrogens is 4. The normalized spacial score (nSPS) is 13.5. The molecule has 29 heavy (non-hydrogen) atoms. The van der Waals surface area contributed by atoms with Gasteiger partial charge in [-0.15, -0.1) is 5.10 Å². The molecule has 8 heteroatoms. The van der Waals surface area contributed by atoms with Crippen molar-refractivity contribution < 1.29 is 14.3 Å². The number of esters is 1. The molecule has 150 valence electrons. The molecule has 0 radical (unpaired) electrons. The van der Waals surface area contributed by atoms with Crippen molar-refractivity contribution >= 4 is 23.5 Å². The zero-order valence-electron chi connectivity index (χ0n) is 16.6. The van der Waals surface area contributed by atoms with Gasteiger partial charge in [0.25, 0.3) is 0 Å². The molecule has 0 amide bonds. The summed E-state index contributed by atoms with van der Waals surface area (Å²) in [5.41, 5.74) is 3.06. The van der Waals surface area contributed by atoms with E-state index < -0.39 is 5.97 Å². The lowest BCUT2D eigenvalue weighted by Crippen LogP contribution is -2.07. The Hall–Kier alpha value is -2.87. The minimum Gasteiger partial charge on any atom is -0.465 e. The van der Waals surface area contributed by atoms with E-state index in [4.69, 9.17) is 4.74 Å². The summed E-state index contributed by atoms with van der Waals surface area (Å²) in [5, 5.41) is 5.21. The Morgan fingerprint density at radius 1 is 1.24 bits per heavy atom. The van der Waals surface area contributed by atoms with Crippen molar-refractivity contribution in [3.8, 4) is 5.69 Å². The molecule has 1 aliphatic carbocycles. The molecule has 3 aromatic rings. The van der Waals surface area contributed by atoms with E-state index in [1.807, 2.05) is 35.0 Å². The van der Waals surface area contributed by atoms with Gasteiger partial charge in [-0.3, -0.25) is 4.79 Å². The Morgan fingerprint density at radius 2 is 1.97 bits per heavy atom. The first-order valence-electron chi connectivity index (χ1n) is 9.45. The number of benzene rings is 1. The van der Waals surface area contributed by atoms with Gasteiger partial charge in [0, 0.05) is 11.6 Å². The topological polar surface area (TPSA) is 89.9 Å². The number of nitrogens with one attached hydrogen (secondary N) is 1. The van der Waals surface area contributed by atoms with Crippen molar-refractivity contribution in [2.75, 3.05) is 12.9 Å². The van der Waals surface area contributed by atoms with Crippen LogP contribution in [0.3, 0.4) is 0 Å². The summed E-state index contributed by atoms with van der Waals surface area (Å²) < 4.78 is 6.69. The predicted octanol–water partition coefficient (Wildman–Crippen LogP) is 3.85. The lowest BCUT2D eigenvalue weighted by Gasteiger charge is -2.03. The number of aromatic amines is 1. The van der Waals surface area contributed by atoms with Crippen LogP contribution in [0.15, 0.2) is 35.5 Å². The van der Waals surface area contributed by atoms with Crippen LogP contribution in [0.25, 0.3) is 5.69 Å². The summed E-state index contributed by atoms with van der Waals surface area (Å²) >= 11 is 1.31. The van der Waals surface area contributed by atoms with Crippen LogP contribution in [-0.4, -0.2) is 44.4 Å². The van der Waals surface area contributed by atoms with Crippen LogP contribution in [0, 0.1) is 13.8 Å². The van der Waals surface area contributed by atoms with Crippen molar-refractivity contribution in [2.24, 2.45) is 0 Å². The van der Waals surface area contributed by atoms with Gasteiger partial charge in [0.1, 0.15) is 5.82 Å². The number of carbonyl (C=O) groups excluding carboxylic acids is 2. The molecule has 1 fully saturated rings. The number of H-pyrrole nitrogens is 1. The highest BCUT2D eigenvalue weighted by atomic mass is 32.2. The van der Waals surface area contributed by atoms with E-state index in [0.717, 1.165) is 24.4 Å². The molecule has 0 unspecified atom stereocenters. The zero-order valence-corrected chi connectivity index (χ0v) is 17.4. The van der Waals surface area contributed by atoms with Crippen molar-refractivity contribution in [3.05, 3.63) is 58.7 Å². The van der Waals surface area contributed by atoms with Crippen LogP contribution >= 0.6 is 11.8 Å². The van der Waals surface area contributed by atoms with Crippen LogP contribution in [0.5, 0.6) is 0 Å². The predicted molar refractivity (Wildman–Crippen MR) is 110 cm³/mol. The number of aryl methyl sites for hydroxylation is 1. The van der Waals surface area contributed by atoms with Crippen LogP contribution in [0.2, 0.25) is 0 Å². The van der Waals surface area contributed by atoms with Crippen molar-refractivity contribution in [2.45, 2.75) is 37.8 Å². The third-order valence-electron chi connectivity index (χ3n) is 4.99. The summed E-state index contributed by atoms with van der Waals surface area (Å²) in [5.74, 6) is 1.02. The quantitative estimate of drug-likeness (QED) is 0.361. The molecule has 0 bridgehead atoms. The smallest absolute Gasteiger partial charge is 0.339 e. The fraction of sp³-hybridized carbons (Fsp3) is 0.333. The Labute approximate surface area is 172 Å². The number of carbonyl (C=O) groups is 2. The van der Waals surface area contributed by atoms with E-state index >= 15 is 0 Å². The maximum Gasteiger partial charge on any atom is 0.339 e. The van der Waals surface area contributed by atoms with Crippen LogP contribution in [-0.2, 0) is 4.74 Å². The van der Waals surface area contributed by atoms with Gasteiger partial charge in [0.2, 0.25) is 5.16 Å². The summed E-state index contributed by atoms with van der Waals surface area (Å²) in [7, 11) is 1.33. The Kier molecular flexibility index (Phi) is 5.27. The highest BCUT2D eigenvalue weighted by Crippen LogP contribution is 2.40. The maximum atomic E-state index is 12.8. The highest BCUT2D eigenvalue weighted by Gasteiger charge is 2.31. The second-order valence-electron chi connectivity index (χ2n) is 7.10. The number of thioether (sulfide) groups is 1. The van der Waals surface area contributed by atoms with E-state index in [2.05, 4.69) is 15.1 Å². The van der Waals surface area contributed by atoms with Gasteiger partial charge < -0.3 is 9.72 Å². The molecule has 0 spiro atoms. The van der Waals surface area contributed by atoms with Gasteiger partial charge in [0.15, 0.2) is 5.78 Å². The van der Waals surface area contributed by atoms with Crippen molar-refractivity contribution in [1.82, 2.24) is 19.7 Å². The first-order chi connectivity index (χ1) is 14.0. The van der Waals surface area contributed by atoms with Gasteiger partial charge in [-0.1, -0.05) is 30.0 Å². The SMILES string of the molecule is COC(=O)c1c(C)[nH]c(C(=O)CSc2nc(C3CC3)n(-c3ccccc3)n2)c1C. The van der Waals surface area contributed by atoms with E-state index in [-0.39, 0.29) is 11.5 Å². The lowest BCUT2D eigenvalue weighted by molar-refractivity contribution is 0.0599. The molecular formula is C21H22N4O3S. The van der Waals surface area contributed by atoms with Crippen molar-refractivity contribution in [1.29, 1.82) is 0 Å². The summed E-state index contributed by atoms with van der Waals surface area (Å²) in [6.45, 7) is 3.51. The van der Waals surface area contributed by atoms with E-state index in [0.29, 0.717) is 33.6 Å². The van der Waals surface area contributed by atoms with Gasteiger partial charge in [-0.05, 0) is 44.4 Å². The molecule has 1 aliphatic rings. The average Bonchev–Trinajstić information content (AvgIpc) is 3.42. The standard InChI is InChI=1S/C21H22N4O3S/c1-12-17(20(27)28-3)13(2)22-18(12)16(26)11-29-21-23-19(14-9-10-14)25(24-21)15-7-5-4-6-8-15/h4-8,14,22H,9-11H2,1-3H3. The third-order valence-corrected chi connectivity index (χ3v) is 5.83. The average molecular weight is 410 g/mol. The molecule has 2 aromatic heterocycles. The highest BCUT2D eigenvalue weighted by molar-refractivity contribution is 7.99. The molecule has 2 heterocycles. The van der Waals surface area contributed by atoms with Crippen LogP contribution < -0.4 is 0 Å². The fourth-order valence-corrected chi connectivity index (χ4v) is 4.07. The fourth-order valence-electron chi connectivity index (χ4n) is 3.37. The van der Waals surface area contributed by atoms with Crippen LogP contribution in [0.4, 0.5) is 0 Å². The third kappa shape index (κ3) is 3.85. The molecule has 1 aromatic carbocycles. The van der Waals surface area contributed by atoms with Gasteiger partial charge >= 0.3 is 5.97 Å². The maximum absolute atomic E-state index is 12.8. The molecular weight excluding hydrogens is 388 g/mol. The summed E-state index contributed by atoms with van der Waals surface area (Å²) in [6.07, 6.45) is 2.23.